The van der Waals surface area contributed by atoms with Crippen molar-refractivity contribution in [2.24, 2.45) is 5.41 Å². The zero-order chi connectivity index (χ0) is 19.4. The maximum absolute atomic E-state index is 12.5. The molecule has 27 heavy (non-hydrogen) atoms. The first-order chi connectivity index (χ1) is 12.8. The summed E-state index contributed by atoms with van der Waals surface area (Å²) in [6.07, 6.45) is 3.02. The minimum atomic E-state index is -0.716. The molecule has 3 aromatic rings. The second-order valence-electron chi connectivity index (χ2n) is 7.41. The van der Waals surface area contributed by atoms with Gasteiger partial charge in [0.05, 0.1) is 24.7 Å². The van der Waals surface area contributed by atoms with Crippen LogP contribution in [-0.2, 0) is 17.9 Å². The zero-order valence-electron chi connectivity index (χ0n) is 16.0. The van der Waals surface area contributed by atoms with Crippen LogP contribution in [0.3, 0.4) is 0 Å². The molecule has 0 spiro atoms. The molecule has 8 heteroatoms. The Labute approximate surface area is 158 Å². The third-order valence-corrected chi connectivity index (χ3v) is 4.32. The lowest BCUT2D eigenvalue weighted by Gasteiger charge is -2.21. The van der Waals surface area contributed by atoms with Crippen LogP contribution < -0.4 is 5.32 Å². The van der Waals surface area contributed by atoms with E-state index in [0.29, 0.717) is 24.2 Å². The lowest BCUT2D eigenvalue weighted by Crippen LogP contribution is -2.39. The van der Waals surface area contributed by atoms with Crippen LogP contribution in [0.4, 0.5) is 0 Å². The van der Waals surface area contributed by atoms with E-state index < -0.39 is 5.41 Å². The summed E-state index contributed by atoms with van der Waals surface area (Å²) < 4.78 is 5.12. The number of nitrogens with zero attached hydrogens (tertiary/aromatic N) is 5. The number of carbonyl (C=O) groups excluding carboxylic acids is 1. The van der Waals surface area contributed by atoms with Gasteiger partial charge < -0.3 is 9.73 Å². The van der Waals surface area contributed by atoms with Crippen LogP contribution in [-0.4, -0.2) is 31.1 Å². The summed E-state index contributed by atoms with van der Waals surface area (Å²) in [5.41, 5.74) is 1.44. The zero-order valence-corrected chi connectivity index (χ0v) is 16.0. The first-order valence-corrected chi connectivity index (χ1v) is 8.90. The quantitative estimate of drug-likeness (QED) is 0.688. The van der Waals surface area contributed by atoms with Crippen LogP contribution in [0, 0.1) is 5.41 Å². The normalized spacial score (nSPS) is 11.7. The molecule has 1 aromatic carbocycles. The minimum absolute atomic E-state index is 0.138. The van der Waals surface area contributed by atoms with Crippen molar-refractivity contribution in [1.29, 1.82) is 0 Å². The van der Waals surface area contributed by atoms with E-state index in [1.54, 1.807) is 6.20 Å². The van der Waals surface area contributed by atoms with Crippen LogP contribution in [0.2, 0.25) is 0 Å². The second kappa shape index (κ2) is 7.69. The molecule has 8 nitrogen and oxygen atoms in total. The van der Waals surface area contributed by atoms with Crippen LogP contribution in [0.15, 0.2) is 41.1 Å². The molecule has 0 saturated carbocycles. The maximum Gasteiger partial charge on any atom is 0.228 e. The van der Waals surface area contributed by atoms with E-state index in [0.717, 1.165) is 5.56 Å². The van der Waals surface area contributed by atoms with Crippen molar-refractivity contribution < 1.29 is 9.21 Å². The van der Waals surface area contributed by atoms with E-state index in [2.05, 4.69) is 51.7 Å². The molecular formula is C19H24N6O2. The van der Waals surface area contributed by atoms with Crippen LogP contribution in [0.25, 0.3) is 11.4 Å². The minimum Gasteiger partial charge on any atom is -0.447 e. The first kappa shape index (κ1) is 18.8. The van der Waals surface area contributed by atoms with Gasteiger partial charge in [0.25, 0.3) is 0 Å². The lowest BCUT2D eigenvalue weighted by molar-refractivity contribution is -0.130. The SMILES string of the molecule is CC(C)c1ccc(-c2nnn(CC(C)(C)C(=O)NCc3ncco3)n2)cc1. The summed E-state index contributed by atoms with van der Waals surface area (Å²) in [5, 5.41) is 15.4. The summed E-state index contributed by atoms with van der Waals surface area (Å²) in [4.78, 5) is 17.9. The van der Waals surface area contributed by atoms with E-state index in [9.17, 15) is 4.79 Å². The average Bonchev–Trinajstić information content (AvgIpc) is 3.31. The number of amides is 1. The monoisotopic (exact) mass is 368 g/mol. The van der Waals surface area contributed by atoms with E-state index >= 15 is 0 Å². The summed E-state index contributed by atoms with van der Waals surface area (Å²) in [6, 6.07) is 8.12. The Balaban J connectivity index is 1.64. The Morgan fingerprint density at radius 1 is 1.26 bits per heavy atom. The molecule has 0 bridgehead atoms. The number of rotatable bonds is 7. The average molecular weight is 368 g/mol. The van der Waals surface area contributed by atoms with E-state index in [4.69, 9.17) is 4.42 Å². The molecule has 1 N–H and O–H groups in total. The van der Waals surface area contributed by atoms with Gasteiger partial charge in [-0.3, -0.25) is 4.79 Å². The van der Waals surface area contributed by atoms with Crippen molar-refractivity contribution in [3.05, 3.63) is 48.2 Å². The highest BCUT2D eigenvalue weighted by atomic mass is 16.3. The van der Waals surface area contributed by atoms with Crippen molar-refractivity contribution in [2.75, 3.05) is 0 Å². The second-order valence-corrected chi connectivity index (χ2v) is 7.41. The molecule has 3 rings (SSSR count). The fourth-order valence-corrected chi connectivity index (χ4v) is 2.60. The molecule has 0 saturated heterocycles. The number of aromatic nitrogens is 5. The van der Waals surface area contributed by atoms with Crippen molar-refractivity contribution in [3.63, 3.8) is 0 Å². The van der Waals surface area contributed by atoms with Gasteiger partial charge in [-0.25, -0.2) is 4.98 Å². The Morgan fingerprint density at radius 3 is 2.63 bits per heavy atom. The van der Waals surface area contributed by atoms with Crippen molar-refractivity contribution in [3.8, 4) is 11.4 Å². The topological polar surface area (TPSA) is 98.7 Å². The van der Waals surface area contributed by atoms with Gasteiger partial charge in [-0.05, 0) is 30.5 Å². The van der Waals surface area contributed by atoms with Gasteiger partial charge >= 0.3 is 0 Å². The number of hydrogen-bond acceptors (Lipinski definition) is 6. The molecule has 0 atom stereocenters. The first-order valence-electron chi connectivity index (χ1n) is 8.90. The molecule has 0 fully saturated rings. The van der Waals surface area contributed by atoms with Crippen molar-refractivity contribution in [1.82, 2.24) is 30.5 Å². The summed E-state index contributed by atoms with van der Waals surface area (Å²) in [5.74, 6) is 1.34. The van der Waals surface area contributed by atoms with E-state index in [-0.39, 0.29) is 12.5 Å². The smallest absolute Gasteiger partial charge is 0.228 e. The summed E-state index contributed by atoms with van der Waals surface area (Å²) in [7, 11) is 0. The number of oxazole rings is 1. The molecule has 0 aliphatic carbocycles. The highest BCUT2D eigenvalue weighted by Gasteiger charge is 2.29. The maximum atomic E-state index is 12.5. The van der Waals surface area contributed by atoms with Gasteiger partial charge in [-0.2, -0.15) is 4.80 Å². The molecule has 0 radical (unpaired) electrons. The third-order valence-electron chi connectivity index (χ3n) is 4.32. The number of nitrogens with one attached hydrogen (secondary N) is 1. The van der Waals surface area contributed by atoms with Gasteiger partial charge in [0.15, 0.2) is 0 Å². The molecule has 2 heterocycles. The van der Waals surface area contributed by atoms with Crippen LogP contribution in [0.5, 0.6) is 0 Å². The molecule has 0 unspecified atom stereocenters. The molecule has 142 valence electrons. The fraction of sp³-hybridized carbons (Fsp3) is 0.421. The third kappa shape index (κ3) is 4.58. The Morgan fingerprint density at radius 2 is 2.00 bits per heavy atom. The molecular weight excluding hydrogens is 344 g/mol. The Hall–Kier alpha value is -3.03. The summed E-state index contributed by atoms with van der Waals surface area (Å²) in [6.45, 7) is 8.52. The largest absolute Gasteiger partial charge is 0.447 e. The lowest BCUT2D eigenvalue weighted by atomic mass is 9.92. The number of benzene rings is 1. The fourth-order valence-electron chi connectivity index (χ4n) is 2.60. The predicted octanol–water partition coefficient (Wildman–Crippen LogP) is 2.79. The van der Waals surface area contributed by atoms with Crippen molar-refractivity contribution >= 4 is 5.91 Å². The highest BCUT2D eigenvalue weighted by Crippen LogP contribution is 2.21. The standard InChI is InChI=1S/C19H24N6O2/c1-13(2)14-5-7-15(8-6-14)17-22-24-25(23-17)12-19(3,4)18(26)21-11-16-20-9-10-27-16/h5-10,13H,11-12H2,1-4H3,(H,21,26). The van der Waals surface area contributed by atoms with Crippen LogP contribution in [0.1, 0.15) is 45.1 Å². The predicted molar refractivity (Wildman–Crippen MR) is 99.5 cm³/mol. The molecule has 1 amide bonds. The van der Waals surface area contributed by atoms with Gasteiger partial charge in [0, 0.05) is 5.56 Å². The van der Waals surface area contributed by atoms with E-state index in [1.165, 1.54) is 16.6 Å². The van der Waals surface area contributed by atoms with Gasteiger partial charge in [-0.1, -0.05) is 38.1 Å². The number of carbonyl (C=O) groups is 1. The number of hydrogen-bond donors (Lipinski definition) is 1. The van der Waals surface area contributed by atoms with E-state index in [1.807, 2.05) is 26.0 Å². The Bertz CT molecular complexity index is 881. The van der Waals surface area contributed by atoms with Crippen molar-refractivity contribution in [2.45, 2.75) is 46.7 Å². The summed E-state index contributed by atoms with van der Waals surface area (Å²) >= 11 is 0. The number of tetrazole rings is 1. The highest BCUT2D eigenvalue weighted by molar-refractivity contribution is 5.81. The molecule has 0 aliphatic heterocycles. The molecule has 2 aromatic heterocycles. The van der Waals surface area contributed by atoms with Gasteiger partial charge in [0.2, 0.25) is 17.6 Å². The molecule has 0 aliphatic rings. The van der Waals surface area contributed by atoms with Gasteiger partial charge in [0.1, 0.15) is 6.26 Å². The van der Waals surface area contributed by atoms with Gasteiger partial charge in [-0.15, -0.1) is 10.2 Å². The Kier molecular flexibility index (Phi) is 5.34. The van der Waals surface area contributed by atoms with Crippen LogP contribution >= 0.6 is 0 Å².